The number of hydrogen-bond acceptors (Lipinski definition) is 1. The zero-order valence-electron chi connectivity index (χ0n) is 11.4. The van der Waals surface area contributed by atoms with Crippen molar-refractivity contribution in [2.24, 2.45) is 0 Å². The van der Waals surface area contributed by atoms with Gasteiger partial charge >= 0.3 is 5.97 Å². The Morgan fingerprint density at radius 2 is 2.16 bits per heavy atom. The zero-order chi connectivity index (χ0) is 13.8. The van der Waals surface area contributed by atoms with Crippen LogP contribution in [0.25, 0.3) is 16.5 Å². The monoisotopic (exact) mass is 257 g/mol. The molecule has 1 aromatic heterocycles. The van der Waals surface area contributed by atoms with E-state index in [1.165, 1.54) is 24.4 Å². The number of aryl methyl sites for hydroxylation is 1. The quantitative estimate of drug-likeness (QED) is 0.825. The maximum Gasteiger partial charge on any atom is 0.328 e. The summed E-state index contributed by atoms with van der Waals surface area (Å²) in [4.78, 5) is 10.7. The van der Waals surface area contributed by atoms with Crippen molar-refractivity contribution in [3.8, 4) is 0 Å². The second-order valence-electron chi connectivity index (χ2n) is 4.80. The maximum atomic E-state index is 10.7. The van der Waals surface area contributed by atoms with Crippen LogP contribution in [0.1, 0.15) is 32.3 Å². The third-order valence-electron chi connectivity index (χ3n) is 3.32. The highest BCUT2D eigenvalue weighted by Gasteiger charge is 2.04. The lowest BCUT2D eigenvalue weighted by Crippen LogP contribution is -1.95. The van der Waals surface area contributed by atoms with Crippen molar-refractivity contribution in [3.05, 3.63) is 42.1 Å². The molecule has 0 aliphatic carbocycles. The molecule has 0 atom stereocenters. The Balaban J connectivity index is 2.35. The highest BCUT2D eigenvalue weighted by atomic mass is 16.4. The third kappa shape index (κ3) is 3.05. The molecule has 0 saturated heterocycles. The molecular formula is C16H19NO2. The molecule has 100 valence electrons. The Morgan fingerprint density at radius 3 is 2.84 bits per heavy atom. The van der Waals surface area contributed by atoms with Crippen molar-refractivity contribution in [1.29, 1.82) is 0 Å². The first-order valence-corrected chi connectivity index (χ1v) is 6.62. The van der Waals surface area contributed by atoms with Crippen LogP contribution in [0.2, 0.25) is 0 Å². The molecule has 2 aromatic rings. The Morgan fingerprint density at radius 1 is 1.37 bits per heavy atom. The summed E-state index contributed by atoms with van der Waals surface area (Å²) in [7, 11) is 0. The SMILES string of the molecule is CCCCn1ccc2cc(C(C)=CC(=O)O)ccc21. The van der Waals surface area contributed by atoms with E-state index in [0.717, 1.165) is 23.1 Å². The molecule has 3 nitrogen and oxygen atoms in total. The van der Waals surface area contributed by atoms with Crippen LogP contribution in [-0.4, -0.2) is 15.6 Å². The van der Waals surface area contributed by atoms with Crippen LogP contribution in [0, 0.1) is 0 Å². The zero-order valence-corrected chi connectivity index (χ0v) is 11.4. The van der Waals surface area contributed by atoms with Crippen molar-refractivity contribution >= 4 is 22.4 Å². The molecule has 2 rings (SSSR count). The summed E-state index contributed by atoms with van der Waals surface area (Å²) in [6, 6.07) is 8.19. The standard InChI is InChI=1S/C16H19NO2/c1-3-4-8-17-9-7-14-11-13(5-6-15(14)17)12(2)10-16(18)19/h5-7,9-11H,3-4,8H2,1-2H3,(H,18,19). The lowest BCUT2D eigenvalue weighted by atomic mass is 10.1. The van der Waals surface area contributed by atoms with Gasteiger partial charge in [-0.15, -0.1) is 0 Å². The Hall–Kier alpha value is -2.03. The molecule has 1 heterocycles. The first-order valence-electron chi connectivity index (χ1n) is 6.62. The van der Waals surface area contributed by atoms with Crippen LogP contribution in [0.5, 0.6) is 0 Å². The van der Waals surface area contributed by atoms with Gasteiger partial charge < -0.3 is 9.67 Å². The Bertz CT molecular complexity index is 623. The van der Waals surface area contributed by atoms with Gasteiger partial charge in [0.2, 0.25) is 0 Å². The van der Waals surface area contributed by atoms with Gasteiger partial charge in [-0.25, -0.2) is 4.79 Å². The summed E-state index contributed by atoms with van der Waals surface area (Å²) < 4.78 is 2.25. The summed E-state index contributed by atoms with van der Waals surface area (Å²) in [5, 5.41) is 9.94. The predicted molar refractivity (Wildman–Crippen MR) is 78.1 cm³/mol. The van der Waals surface area contributed by atoms with Gasteiger partial charge in [-0.1, -0.05) is 19.4 Å². The molecule has 0 unspecified atom stereocenters. The molecule has 1 N–H and O–H groups in total. The van der Waals surface area contributed by atoms with Gasteiger partial charge in [0, 0.05) is 29.7 Å². The van der Waals surface area contributed by atoms with E-state index in [0.29, 0.717) is 0 Å². The highest BCUT2D eigenvalue weighted by molar-refractivity contribution is 5.91. The van der Waals surface area contributed by atoms with E-state index in [1.807, 2.05) is 19.1 Å². The van der Waals surface area contributed by atoms with Crippen LogP contribution in [0.15, 0.2) is 36.5 Å². The van der Waals surface area contributed by atoms with Gasteiger partial charge in [0.25, 0.3) is 0 Å². The smallest absolute Gasteiger partial charge is 0.328 e. The van der Waals surface area contributed by atoms with Crippen LogP contribution in [-0.2, 0) is 11.3 Å². The van der Waals surface area contributed by atoms with E-state index < -0.39 is 5.97 Å². The fraction of sp³-hybridized carbons (Fsp3) is 0.312. The average molecular weight is 257 g/mol. The lowest BCUT2D eigenvalue weighted by molar-refractivity contribution is -0.131. The molecule has 19 heavy (non-hydrogen) atoms. The first kappa shape index (κ1) is 13.4. The summed E-state index contributed by atoms with van der Waals surface area (Å²) >= 11 is 0. The summed E-state index contributed by atoms with van der Waals surface area (Å²) in [6.07, 6.45) is 5.69. The van der Waals surface area contributed by atoms with E-state index in [9.17, 15) is 4.79 Å². The number of aliphatic carboxylic acids is 1. The molecule has 0 radical (unpaired) electrons. The van der Waals surface area contributed by atoms with E-state index in [4.69, 9.17) is 5.11 Å². The minimum absolute atomic E-state index is 0.774. The third-order valence-corrected chi connectivity index (χ3v) is 3.32. The number of carboxylic acid groups (broad SMARTS) is 1. The number of allylic oxidation sites excluding steroid dienone is 1. The van der Waals surface area contributed by atoms with E-state index >= 15 is 0 Å². The predicted octanol–water partition coefficient (Wildman–Crippen LogP) is 3.93. The molecule has 0 aliphatic rings. The van der Waals surface area contributed by atoms with E-state index in [-0.39, 0.29) is 0 Å². The van der Waals surface area contributed by atoms with Gasteiger partial charge in [0.15, 0.2) is 0 Å². The van der Waals surface area contributed by atoms with Gasteiger partial charge in [-0.05, 0) is 42.7 Å². The molecular weight excluding hydrogens is 238 g/mol. The summed E-state index contributed by atoms with van der Waals surface area (Å²) in [6.45, 7) is 5.04. The number of fused-ring (bicyclic) bond motifs is 1. The van der Waals surface area contributed by atoms with Crippen LogP contribution < -0.4 is 0 Å². The minimum atomic E-state index is -0.905. The van der Waals surface area contributed by atoms with Crippen LogP contribution >= 0.6 is 0 Å². The number of unbranched alkanes of at least 4 members (excludes halogenated alkanes) is 1. The lowest BCUT2D eigenvalue weighted by Gasteiger charge is -2.05. The van der Waals surface area contributed by atoms with Crippen molar-refractivity contribution in [3.63, 3.8) is 0 Å². The van der Waals surface area contributed by atoms with Gasteiger partial charge in [-0.3, -0.25) is 0 Å². The topological polar surface area (TPSA) is 42.2 Å². The van der Waals surface area contributed by atoms with E-state index in [1.54, 1.807) is 0 Å². The molecule has 1 aromatic carbocycles. The summed E-state index contributed by atoms with van der Waals surface area (Å²) in [5.74, 6) is -0.905. The number of hydrogen-bond donors (Lipinski definition) is 1. The van der Waals surface area contributed by atoms with Crippen molar-refractivity contribution in [2.75, 3.05) is 0 Å². The molecule has 0 spiro atoms. The largest absolute Gasteiger partial charge is 0.478 e. The number of benzene rings is 1. The first-order chi connectivity index (χ1) is 9.11. The Labute approximate surface area is 113 Å². The average Bonchev–Trinajstić information content (AvgIpc) is 2.77. The molecule has 0 amide bonds. The second kappa shape index (κ2) is 5.74. The molecule has 0 bridgehead atoms. The van der Waals surface area contributed by atoms with Gasteiger partial charge in [-0.2, -0.15) is 0 Å². The summed E-state index contributed by atoms with van der Waals surface area (Å²) in [5.41, 5.74) is 2.94. The Kier molecular flexibility index (Phi) is 4.05. The second-order valence-corrected chi connectivity index (χ2v) is 4.80. The van der Waals surface area contributed by atoms with Crippen molar-refractivity contribution in [2.45, 2.75) is 33.2 Å². The number of nitrogens with zero attached hydrogens (tertiary/aromatic N) is 1. The maximum absolute atomic E-state index is 10.7. The van der Waals surface area contributed by atoms with Gasteiger partial charge in [0.1, 0.15) is 0 Å². The fourth-order valence-electron chi connectivity index (χ4n) is 2.24. The minimum Gasteiger partial charge on any atom is -0.478 e. The normalized spacial score (nSPS) is 12.0. The number of aromatic nitrogens is 1. The number of rotatable bonds is 5. The number of carbonyl (C=O) groups is 1. The van der Waals surface area contributed by atoms with Gasteiger partial charge in [0.05, 0.1) is 0 Å². The van der Waals surface area contributed by atoms with Crippen LogP contribution in [0.4, 0.5) is 0 Å². The van der Waals surface area contributed by atoms with Crippen molar-refractivity contribution < 1.29 is 9.90 Å². The number of carboxylic acids is 1. The molecule has 0 aliphatic heterocycles. The van der Waals surface area contributed by atoms with E-state index in [2.05, 4.69) is 29.8 Å². The highest BCUT2D eigenvalue weighted by Crippen LogP contribution is 2.22. The van der Waals surface area contributed by atoms with Crippen molar-refractivity contribution in [1.82, 2.24) is 4.57 Å². The molecule has 0 fully saturated rings. The fourth-order valence-corrected chi connectivity index (χ4v) is 2.24. The molecule has 3 heteroatoms. The van der Waals surface area contributed by atoms with Crippen LogP contribution in [0.3, 0.4) is 0 Å². The molecule has 0 saturated carbocycles.